The van der Waals surface area contributed by atoms with Gasteiger partial charge >= 0.3 is 0 Å². The van der Waals surface area contributed by atoms with Gasteiger partial charge in [0.05, 0.1) is 11.1 Å². The number of anilines is 3. The second-order valence-electron chi connectivity index (χ2n) is 21.1. The molecule has 4 saturated carbocycles. The minimum atomic E-state index is -0.477. The van der Waals surface area contributed by atoms with Crippen LogP contribution < -0.4 is 4.90 Å². The molecule has 7 aliphatic carbocycles. The molecular weight excluding hydrogens is 735 g/mol. The molecule has 4 bridgehead atoms. The average Bonchev–Trinajstić information content (AvgIpc) is 3.94. The molecule has 61 heavy (non-hydrogen) atoms. The summed E-state index contributed by atoms with van der Waals surface area (Å²) in [6.45, 7) is 9.85. The van der Waals surface area contributed by atoms with Crippen LogP contribution in [0.2, 0.25) is 0 Å². The van der Waals surface area contributed by atoms with Crippen molar-refractivity contribution >= 4 is 17.1 Å². The molecule has 14 rings (SSSR count). The van der Waals surface area contributed by atoms with E-state index in [0.717, 1.165) is 23.7 Å². The van der Waals surface area contributed by atoms with E-state index in [4.69, 9.17) is 0 Å². The van der Waals surface area contributed by atoms with E-state index in [2.05, 4.69) is 196 Å². The molecule has 7 aliphatic rings. The molecule has 0 radical (unpaired) electrons. The summed E-state index contributed by atoms with van der Waals surface area (Å²) in [5.74, 6) is 3.24. The highest BCUT2D eigenvalue weighted by Crippen LogP contribution is 2.74. The van der Waals surface area contributed by atoms with Crippen molar-refractivity contribution in [1.82, 2.24) is 0 Å². The van der Waals surface area contributed by atoms with Crippen LogP contribution >= 0.6 is 0 Å². The average molecular weight is 790 g/mol. The van der Waals surface area contributed by atoms with Crippen LogP contribution in [0.3, 0.4) is 0 Å². The fraction of sp³-hybridized carbons (Fsp3) is 0.300. The molecule has 5 atom stereocenters. The lowest BCUT2D eigenvalue weighted by molar-refractivity contribution is 0.191. The summed E-state index contributed by atoms with van der Waals surface area (Å²) in [7, 11) is 0. The maximum Gasteiger partial charge on any atom is 0.0714 e. The summed E-state index contributed by atoms with van der Waals surface area (Å²) in [5, 5.41) is 0. The zero-order chi connectivity index (χ0) is 40.9. The van der Waals surface area contributed by atoms with Gasteiger partial charge in [0.1, 0.15) is 0 Å². The van der Waals surface area contributed by atoms with Gasteiger partial charge < -0.3 is 4.90 Å². The Hall–Kier alpha value is -5.66. The smallest absolute Gasteiger partial charge is 0.0714 e. The molecule has 1 heteroatoms. The molecule has 0 saturated heterocycles. The lowest BCUT2D eigenvalue weighted by Crippen LogP contribution is -2.40. The van der Waals surface area contributed by atoms with E-state index < -0.39 is 5.41 Å². The number of fused-ring (bicyclic) bond motifs is 7. The summed E-state index contributed by atoms with van der Waals surface area (Å²) in [6, 6.07) is 63.8. The third-order valence-electron chi connectivity index (χ3n) is 17.4. The van der Waals surface area contributed by atoms with Crippen LogP contribution in [0.5, 0.6) is 0 Å². The molecule has 5 unspecified atom stereocenters. The number of hydrogen-bond acceptors (Lipinski definition) is 1. The monoisotopic (exact) mass is 789 g/mol. The van der Waals surface area contributed by atoms with Gasteiger partial charge in [-0.1, -0.05) is 161 Å². The molecule has 1 nitrogen and oxygen atoms in total. The minimum Gasteiger partial charge on any atom is -0.310 e. The highest BCUT2D eigenvalue weighted by atomic mass is 15.1. The number of rotatable bonds is 5. The topological polar surface area (TPSA) is 3.24 Å². The molecule has 0 aromatic heterocycles. The Balaban J connectivity index is 1.11. The van der Waals surface area contributed by atoms with E-state index in [1.807, 2.05) is 0 Å². The Bertz CT molecular complexity index is 2870. The molecule has 1 spiro atoms. The van der Waals surface area contributed by atoms with Crippen LogP contribution in [-0.2, 0) is 21.7 Å². The molecule has 300 valence electrons. The third-order valence-corrected chi connectivity index (χ3v) is 17.4. The first kappa shape index (κ1) is 36.0. The molecule has 0 N–H and O–H groups in total. The molecule has 0 heterocycles. The van der Waals surface area contributed by atoms with Crippen molar-refractivity contribution in [3.8, 4) is 22.3 Å². The van der Waals surface area contributed by atoms with Crippen molar-refractivity contribution in [2.24, 2.45) is 23.7 Å². The fourth-order valence-electron chi connectivity index (χ4n) is 14.9. The van der Waals surface area contributed by atoms with Crippen molar-refractivity contribution in [2.45, 2.75) is 87.9 Å². The van der Waals surface area contributed by atoms with Crippen LogP contribution in [0.25, 0.3) is 22.3 Å². The summed E-state index contributed by atoms with van der Waals surface area (Å²) >= 11 is 0. The Morgan fingerprint density at radius 1 is 0.443 bits per heavy atom. The largest absolute Gasteiger partial charge is 0.310 e. The predicted octanol–water partition coefficient (Wildman–Crippen LogP) is 15.2. The van der Waals surface area contributed by atoms with Crippen molar-refractivity contribution in [2.75, 3.05) is 4.90 Å². The molecule has 4 fully saturated rings. The summed E-state index contributed by atoms with van der Waals surface area (Å²) < 4.78 is 0. The standard InChI is InChI=1S/C60H55N/c1-57(2)30-31-58(3,4)54-37-44(27-29-50(54)57)61(55-25-15-24-51-56(55)47-21-12-14-23-49(47)60(51)42-33-38-32-39(35-42)52(60)34-38)43-26-28-46-45-20-11-13-22-48(45)59(53(46)36-43,40-16-7-5-8-17-40)41-18-9-6-10-19-41/h5-29,36-39,42,52H,30-35H2,1-4H3. The molecule has 0 aliphatic heterocycles. The van der Waals surface area contributed by atoms with E-state index in [9.17, 15) is 0 Å². The summed E-state index contributed by atoms with van der Waals surface area (Å²) in [6.07, 6.45) is 8.01. The van der Waals surface area contributed by atoms with Gasteiger partial charge in [-0.05, 0) is 165 Å². The Morgan fingerprint density at radius 3 is 1.75 bits per heavy atom. The van der Waals surface area contributed by atoms with Gasteiger partial charge in [-0.15, -0.1) is 0 Å². The second kappa shape index (κ2) is 12.5. The maximum absolute atomic E-state index is 2.68. The van der Waals surface area contributed by atoms with Gasteiger partial charge in [0.15, 0.2) is 0 Å². The lowest BCUT2D eigenvalue weighted by Gasteiger charge is -2.44. The third kappa shape index (κ3) is 4.63. The van der Waals surface area contributed by atoms with Crippen LogP contribution in [0, 0.1) is 23.7 Å². The Morgan fingerprint density at radius 2 is 1.03 bits per heavy atom. The Labute approximate surface area is 362 Å². The first-order valence-electron chi connectivity index (χ1n) is 23.3. The van der Waals surface area contributed by atoms with Gasteiger partial charge in [-0.3, -0.25) is 0 Å². The van der Waals surface area contributed by atoms with Crippen molar-refractivity contribution in [1.29, 1.82) is 0 Å². The van der Waals surface area contributed by atoms with E-state index >= 15 is 0 Å². The van der Waals surface area contributed by atoms with Gasteiger partial charge in [-0.2, -0.15) is 0 Å². The van der Waals surface area contributed by atoms with E-state index in [1.54, 1.807) is 11.1 Å². The first-order chi connectivity index (χ1) is 29.7. The minimum absolute atomic E-state index is 0.0826. The van der Waals surface area contributed by atoms with Gasteiger partial charge in [0.25, 0.3) is 0 Å². The van der Waals surface area contributed by atoms with Gasteiger partial charge in [0, 0.05) is 22.4 Å². The van der Waals surface area contributed by atoms with Crippen molar-refractivity contribution in [3.05, 3.63) is 208 Å². The quantitative estimate of drug-likeness (QED) is 0.168. The molecule has 7 aromatic rings. The zero-order valence-corrected chi connectivity index (χ0v) is 36.1. The summed E-state index contributed by atoms with van der Waals surface area (Å²) in [5.41, 5.74) is 20.7. The van der Waals surface area contributed by atoms with E-state index in [0.29, 0.717) is 0 Å². The zero-order valence-electron chi connectivity index (χ0n) is 36.1. The van der Waals surface area contributed by atoms with E-state index in [-0.39, 0.29) is 16.2 Å². The molecule has 0 amide bonds. The lowest BCUT2D eigenvalue weighted by atomic mass is 9.59. The van der Waals surface area contributed by atoms with Crippen LogP contribution in [0.1, 0.15) is 111 Å². The van der Waals surface area contributed by atoms with Crippen LogP contribution in [-0.4, -0.2) is 0 Å². The van der Waals surface area contributed by atoms with Crippen molar-refractivity contribution < 1.29 is 0 Å². The molecular formula is C60H55N. The van der Waals surface area contributed by atoms with Crippen LogP contribution in [0.4, 0.5) is 17.1 Å². The fourth-order valence-corrected chi connectivity index (χ4v) is 14.9. The first-order valence-corrected chi connectivity index (χ1v) is 23.3. The van der Waals surface area contributed by atoms with Crippen molar-refractivity contribution in [3.63, 3.8) is 0 Å². The number of benzene rings is 7. The van der Waals surface area contributed by atoms with Crippen LogP contribution in [0.15, 0.2) is 164 Å². The highest BCUT2D eigenvalue weighted by Gasteiger charge is 2.66. The highest BCUT2D eigenvalue weighted by molar-refractivity contribution is 5.97. The summed E-state index contributed by atoms with van der Waals surface area (Å²) in [4.78, 5) is 2.68. The van der Waals surface area contributed by atoms with E-state index in [1.165, 1.54) is 111 Å². The molecule has 7 aromatic carbocycles. The number of hydrogen-bond donors (Lipinski definition) is 0. The van der Waals surface area contributed by atoms with Gasteiger partial charge in [0.2, 0.25) is 0 Å². The normalized spacial score (nSPS) is 25.8. The maximum atomic E-state index is 2.68. The second-order valence-corrected chi connectivity index (χ2v) is 21.1. The Kier molecular flexibility index (Phi) is 7.37. The number of nitrogens with zero attached hydrogens (tertiary/aromatic N) is 1. The SMILES string of the molecule is CC1(C)CCC(C)(C)c2cc(N(c3ccc4c(c3)C(c3ccccc3)(c3ccccc3)c3ccccc3-4)c3cccc4c3-c3ccccc3C43C4CC5CC(C4)C3C5)ccc21. The van der Waals surface area contributed by atoms with Gasteiger partial charge in [-0.25, -0.2) is 0 Å². The predicted molar refractivity (Wildman–Crippen MR) is 252 cm³/mol.